The van der Waals surface area contributed by atoms with Crippen molar-refractivity contribution in [2.24, 2.45) is 7.05 Å². The van der Waals surface area contributed by atoms with Crippen molar-refractivity contribution in [2.45, 2.75) is 6.92 Å². The summed E-state index contributed by atoms with van der Waals surface area (Å²) in [6.45, 7) is 1.85. The second kappa shape index (κ2) is 7.93. The Balaban J connectivity index is 2.01. The van der Waals surface area contributed by atoms with Gasteiger partial charge in [-0.1, -0.05) is 12.1 Å². The maximum atomic E-state index is 12.2. The van der Waals surface area contributed by atoms with E-state index in [1.165, 1.54) is 6.08 Å². The van der Waals surface area contributed by atoms with Gasteiger partial charge in [-0.25, -0.2) is 4.79 Å². The molecule has 6 heteroatoms. The monoisotopic (exact) mass is 314 g/mol. The number of carbonyl (C=O) groups is 2. The van der Waals surface area contributed by atoms with Gasteiger partial charge in [-0.2, -0.15) is 5.10 Å². The summed E-state index contributed by atoms with van der Waals surface area (Å²) >= 11 is 0. The standard InChI is InChI=1S/C17H18N2O4/c1-3-22-17(21)12-23-15-6-4-5-13(11-15)16(20)8-7-14-9-10-18-19(14)2/h4-11H,3,12H2,1-2H3/b8-7+. The molecule has 2 aromatic rings. The van der Waals surface area contributed by atoms with E-state index in [0.29, 0.717) is 17.9 Å². The minimum Gasteiger partial charge on any atom is -0.482 e. The van der Waals surface area contributed by atoms with Gasteiger partial charge in [0.1, 0.15) is 5.75 Å². The van der Waals surface area contributed by atoms with E-state index in [1.807, 2.05) is 6.07 Å². The Hall–Kier alpha value is -2.89. The molecule has 0 radical (unpaired) electrons. The van der Waals surface area contributed by atoms with Crippen molar-refractivity contribution in [2.75, 3.05) is 13.2 Å². The molecular formula is C17H18N2O4. The SMILES string of the molecule is CCOC(=O)COc1cccc(C(=O)/C=C/c2ccnn2C)c1. The molecule has 0 amide bonds. The molecule has 0 spiro atoms. The molecule has 0 fully saturated rings. The molecule has 2 rings (SSSR count). The highest BCUT2D eigenvalue weighted by Crippen LogP contribution is 2.15. The summed E-state index contributed by atoms with van der Waals surface area (Å²) in [6.07, 6.45) is 4.83. The zero-order chi connectivity index (χ0) is 16.7. The number of hydrogen-bond donors (Lipinski definition) is 0. The first-order valence-corrected chi connectivity index (χ1v) is 7.19. The predicted molar refractivity (Wildman–Crippen MR) is 85.1 cm³/mol. The molecule has 1 heterocycles. The zero-order valence-electron chi connectivity index (χ0n) is 13.1. The normalized spacial score (nSPS) is 10.7. The number of allylic oxidation sites excluding steroid dienone is 1. The van der Waals surface area contributed by atoms with E-state index in [2.05, 4.69) is 5.10 Å². The Morgan fingerprint density at radius 3 is 2.83 bits per heavy atom. The van der Waals surface area contributed by atoms with Gasteiger partial charge in [0.25, 0.3) is 0 Å². The first kappa shape index (κ1) is 16.5. The fourth-order valence-electron chi connectivity index (χ4n) is 1.89. The van der Waals surface area contributed by atoms with Crippen LogP contribution in [0.4, 0.5) is 0 Å². The fourth-order valence-corrected chi connectivity index (χ4v) is 1.89. The van der Waals surface area contributed by atoms with Crippen LogP contribution in [0.15, 0.2) is 42.6 Å². The first-order valence-electron chi connectivity index (χ1n) is 7.19. The van der Waals surface area contributed by atoms with Crippen LogP contribution >= 0.6 is 0 Å². The Bertz CT molecular complexity index is 719. The number of hydrogen-bond acceptors (Lipinski definition) is 5. The van der Waals surface area contributed by atoms with Crippen LogP contribution in [0, 0.1) is 0 Å². The van der Waals surface area contributed by atoms with Crippen molar-refractivity contribution in [3.63, 3.8) is 0 Å². The molecule has 0 saturated carbocycles. The van der Waals surface area contributed by atoms with E-state index < -0.39 is 5.97 Å². The van der Waals surface area contributed by atoms with Crippen LogP contribution in [0.3, 0.4) is 0 Å². The number of nitrogens with zero attached hydrogens (tertiary/aromatic N) is 2. The minimum absolute atomic E-state index is 0.159. The van der Waals surface area contributed by atoms with Crippen molar-refractivity contribution in [3.8, 4) is 5.75 Å². The minimum atomic E-state index is -0.444. The maximum Gasteiger partial charge on any atom is 0.344 e. The summed E-state index contributed by atoms with van der Waals surface area (Å²) < 4.78 is 11.8. The number of ketones is 1. The van der Waals surface area contributed by atoms with E-state index in [1.54, 1.807) is 55.2 Å². The third-order valence-electron chi connectivity index (χ3n) is 3.04. The lowest BCUT2D eigenvalue weighted by molar-refractivity contribution is -0.145. The van der Waals surface area contributed by atoms with E-state index in [0.717, 1.165) is 5.69 Å². The molecule has 0 aliphatic heterocycles. The third kappa shape index (κ3) is 4.81. The van der Waals surface area contributed by atoms with Gasteiger partial charge in [0.2, 0.25) is 0 Å². The summed E-state index contributed by atoms with van der Waals surface area (Å²) in [5, 5.41) is 4.03. The molecule has 0 bridgehead atoms. The quantitative estimate of drug-likeness (QED) is 0.445. The van der Waals surface area contributed by atoms with Gasteiger partial charge in [0, 0.05) is 18.8 Å². The average molecular weight is 314 g/mol. The summed E-state index contributed by atoms with van der Waals surface area (Å²) in [6, 6.07) is 8.47. The second-order valence-electron chi connectivity index (χ2n) is 4.70. The van der Waals surface area contributed by atoms with Crippen LogP contribution in [-0.4, -0.2) is 34.7 Å². The Morgan fingerprint density at radius 2 is 2.13 bits per heavy atom. The molecule has 0 aliphatic carbocycles. The highest BCUT2D eigenvalue weighted by atomic mass is 16.6. The molecule has 0 unspecified atom stereocenters. The summed E-state index contributed by atoms with van der Waals surface area (Å²) in [5.41, 5.74) is 1.30. The maximum absolute atomic E-state index is 12.2. The molecule has 6 nitrogen and oxygen atoms in total. The van der Waals surface area contributed by atoms with Gasteiger partial charge >= 0.3 is 5.97 Å². The lowest BCUT2D eigenvalue weighted by Crippen LogP contribution is -2.14. The summed E-state index contributed by atoms with van der Waals surface area (Å²) in [7, 11) is 1.80. The highest BCUT2D eigenvalue weighted by Gasteiger charge is 2.06. The van der Waals surface area contributed by atoms with Gasteiger partial charge in [-0.3, -0.25) is 9.48 Å². The number of benzene rings is 1. The molecule has 120 valence electrons. The van der Waals surface area contributed by atoms with Crippen LogP contribution in [-0.2, 0) is 16.6 Å². The number of carbonyl (C=O) groups excluding carboxylic acids is 2. The molecular weight excluding hydrogens is 296 g/mol. The fraction of sp³-hybridized carbons (Fsp3) is 0.235. The second-order valence-corrected chi connectivity index (χ2v) is 4.70. The molecule has 23 heavy (non-hydrogen) atoms. The molecule has 1 aromatic carbocycles. The average Bonchev–Trinajstić information content (AvgIpc) is 2.96. The summed E-state index contributed by atoms with van der Waals surface area (Å²) in [5.74, 6) is -0.161. The first-order chi connectivity index (χ1) is 11.1. The number of aryl methyl sites for hydroxylation is 1. The van der Waals surface area contributed by atoms with Crippen molar-refractivity contribution in [3.05, 3.63) is 53.9 Å². The molecule has 1 aromatic heterocycles. The van der Waals surface area contributed by atoms with Crippen molar-refractivity contribution in [1.82, 2.24) is 9.78 Å². The van der Waals surface area contributed by atoms with Crippen LogP contribution in [0.2, 0.25) is 0 Å². The van der Waals surface area contributed by atoms with Crippen molar-refractivity contribution in [1.29, 1.82) is 0 Å². The van der Waals surface area contributed by atoms with Crippen LogP contribution < -0.4 is 4.74 Å². The number of ether oxygens (including phenoxy) is 2. The van der Waals surface area contributed by atoms with E-state index in [-0.39, 0.29) is 12.4 Å². The Morgan fingerprint density at radius 1 is 1.30 bits per heavy atom. The van der Waals surface area contributed by atoms with Crippen LogP contribution in [0.25, 0.3) is 6.08 Å². The zero-order valence-corrected chi connectivity index (χ0v) is 13.1. The van der Waals surface area contributed by atoms with Gasteiger partial charge in [0.05, 0.1) is 12.3 Å². The topological polar surface area (TPSA) is 70.4 Å². The van der Waals surface area contributed by atoms with E-state index >= 15 is 0 Å². The van der Waals surface area contributed by atoms with Crippen molar-refractivity contribution >= 4 is 17.8 Å². The summed E-state index contributed by atoms with van der Waals surface area (Å²) in [4.78, 5) is 23.4. The highest BCUT2D eigenvalue weighted by molar-refractivity contribution is 6.06. The number of aromatic nitrogens is 2. The lowest BCUT2D eigenvalue weighted by Gasteiger charge is -2.06. The smallest absolute Gasteiger partial charge is 0.344 e. The molecule has 0 atom stereocenters. The predicted octanol–water partition coefficient (Wildman–Crippen LogP) is 2.26. The number of rotatable bonds is 7. The van der Waals surface area contributed by atoms with Crippen LogP contribution in [0.5, 0.6) is 5.75 Å². The molecule has 0 aliphatic rings. The molecule has 0 N–H and O–H groups in total. The molecule has 0 saturated heterocycles. The van der Waals surface area contributed by atoms with Gasteiger partial charge < -0.3 is 9.47 Å². The third-order valence-corrected chi connectivity index (χ3v) is 3.04. The number of esters is 1. The Kier molecular flexibility index (Phi) is 5.68. The van der Waals surface area contributed by atoms with E-state index in [9.17, 15) is 9.59 Å². The van der Waals surface area contributed by atoms with E-state index in [4.69, 9.17) is 9.47 Å². The van der Waals surface area contributed by atoms with Crippen molar-refractivity contribution < 1.29 is 19.1 Å². The van der Waals surface area contributed by atoms with Gasteiger partial charge in [-0.05, 0) is 37.3 Å². The van der Waals surface area contributed by atoms with Gasteiger partial charge in [-0.15, -0.1) is 0 Å². The van der Waals surface area contributed by atoms with Crippen LogP contribution in [0.1, 0.15) is 23.0 Å². The van der Waals surface area contributed by atoms with Gasteiger partial charge in [0.15, 0.2) is 12.4 Å². The lowest BCUT2D eigenvalue weighted by atomic mass is 10.1. The Labute approximate surface area is 134 Å². The largest absolute Gasteiger partial charge is 0.482 e.